The van der Waals surface area contributed by atoms with Crippen LogP contribution in [0.4, 0.5) is 10.1 Å². The van der Waals surface area contributed by atoms with E-state index in [1.165, 1.54) is 19.2 Å². The summed E-state index contributed by atoms with van der Waals surface area (Å²) >= 11 is 0. The van der Waals surface area contributed by atoms with E-state index in [9.17, 15) is 9.50 Å². The first-order valence-corrected chi connectivity index (χ1v) is 13.7. The second kappa shape index (κ2) is 11.0. The van der Waals surface area contributed by atoms with E-state index in [1.54, 1.807) is 24.7 Å². The third-order valence-electron chi connectivity index (χ3n) is 7.27. The number of hydrogen-bond acceptors (Lipinski definition) is 7. The lowest BCUT2D eigenvalue weighted by Crippen LogP contribution is -2.21. The molecule has 0 radical (unpaired) electrons. The highest BCUT2D eigenvalue weighted by Gasteiger charge is 2.17. The lowest BCUT2D eigenvalue weighted by Gasteiger charge is -2.15. The SMILES string of the molecule is COc1cc(F)cc(-c2ccnc3nc(-c4n[nH]c5ccc(-c6cncc(NC(O)Cc7ccccc7)c6)cc45)[nH]c23)c1. The molecule has 0 aliphatic heterocycles. The number of anilines is 1. The van der Waals surface area contributed by atoms with Crippen LogP contribution in [-0.2, 0) is 6.42 Å². The fraction of sp³-hybridized carbons (Fsp3) is 0.0909. The monoisotopic (exact) mass is 571 g/mol. The van der Waals surface area contributed by atoms with Gasteiger partial charge >= 0.3 is 0 Å². The Morgan fingerprint density at radius 1 is 0.953 bits per heavy atom. The third-order valence-corrected chi connectivity index (χ3v) is 7.27. The van der Waals surface area contributed by atoms with Crippen LogP contribution in [0.3, 0.4) is 0 Å². The maximum atomic E-state index is 14.3. The largest absolute Gasteiger partial charge is 0.497 e. The second-order valence-electron chi connectivity index (χ2n) is 10.2. The zero-order valence-corrected chi connectivity index (χ0v) is 23.0. The number of benzene rings is 3. The highest BCUT2D eigenvalue weighted by Crippen LogP contribution is 2.34. The molecular formula is C33H26FN7O2. The molecule has 3 aromatic carbocycles. The summed E-state index contributed by atoms with van der Waals surface area (Å²) in [5, 5.41) is 22.2. The number of pyridine rings is 2. The van der Waals surface area contributed by atoms with Gasteiger partial charge in [0, 0.05) is 41.4 Å². The molecule has 212 valence electrons. The lowest BCUT2D eigenvalue weighted by atomic mass is 10.0. The van der Waals surface area contributed by atoms with Crippen LogP contribution in [0.25, 0.3) is 55.8 Å². The van der Waals surface area contributed by atoms with E-state index in [-0.39, 0.29) is 0 Å². The van der Waals surface area contributed by atoms with Crippen molar-refractivity contribution in [2.75, 3.05) is 12.4 Å². The summed E-state index contributed by atoms with van der Waals surface area (Å²) in [6.07, 6.45) is 4.82. The molecule has 43 heavy (non-hydrogen) atoms. The Bertz CT molecular complexity index is 2070. The van der Waals surface area contributed by atoms with Gasteiger partial charge in [-0.3, -0.25) is 10.1 Å². The molecule has 0 saturated heterocycles. The maximum absolute atomic E-state index is 14.3. The number of ether oxygens (including phenoxy) is 1. The van der Waals surface area contributed by atoms with Crippen molar-refractivity contribution in [2.45, 2.75) is 12.6 Å². The predicted molar refractivity (Wildman–Crippen MR) is 164 cm³/mol. The van der Waals surface area contributed by atoms with Crippen molar-refractivity contribution in [3.8, 4) is 39.5 Å². The van der Waals surface area contributed by atoms with Crippen molar-refractivity contribution in [3.63, 3.8) is 0 Å². The third kappa shape index (κ3) is 5.27. The van der Waals surface area contributed by atoms with Gasteiger partial charge in [-0.1, -0.05) is 36.4 Å². The second-order valence-corrected chi connectivity index (χ2v) is 10.2. The first-order chi connectivity index (χ1) is 21.0. The van der Waals surface area contributed by atoms with E-state index >= 15 is 0 Å². The Balaban J connectivity index is 1.21. The summed E-state index contributed by atoms with van der Waals surface area (Å²) in [4.78, 5) is 16.9. The van der Waals surface area contributed by atoms with E-state index in [0.717, 1.165) is 33.2 Å². The summed E-state index contributed by atoms with van der Waals surface area (Å²) in [7, 11) is 1.50. The van der Waals surface area contributed by atoms with Crippen LogP contribution in [0.15, 0.2) is 97.5 Å². The molecule has 9 nitrogen and oxygen atoms in total. The number of hydrogen-bond donors (Lipinski definition) is 4. The van der Waals surface area contributed by atoms with Crippen molar-refractivity contribution in [1.29, 1.82) is 0 Å². The minimum atomic E-state index is -0.762. The number of fused-ring (bicyclic) bond motifs is 2. The average molecular weight is 572 g/mol. The predicted octanol–water partition coefficient (Wildman–Crippen LogP) is 6.35. The Hall–Kier alpha value is -5.61. The molecule has 0 aliphatic carbocycles. The molecule has 0 saturated carbocycles. The Kier molecular flexibility index (Phi) is 6.72. The van der Waals surface area contributed by atoms with Crippen LogP contribution in [-0.4, -0.2) is 48.6 Å². The lowest BCUT2D eigenvalue weighted by molar-refractivity contribution is 0.204. The fourth-order valence-corrected chi connectivity index (χ4v) is 5.23. The van der Waals surface area contributed by atoms with Gasteiger partial charge in [0.1, 0.15) is 23.5 Å². The first kappa shape index (κ1) is 26.3. The highest BCUT2D eigenvalue weighted by atomic mass is 19.1. The van der Waals surface area contributed by atoms with Gasteiger partial charge in [-0.2, -0.15) is 5.10 Å². The molecule has 0 bridgehead atoms. The number of aliphatic hydroxyl groups is 1. The van der Waals surface area contributed by atoms with Gasteiger partial charge in [-0.05, 0) is 53.1 Å². The Morgan fingerprint density at radius 2 is 1.84 bits per heavy atom. The first-order valence-electron chi connectivity index (χ1n) is 13.7. The minimum absolute atomic E-state index is 0.399. The summed E-state index contributed by atoms with van der Waals surface area (Å²) in [6, 6.07) is 24.1. The fourth-order valence-electron chi connectivity index (χ4n) is 5.23. The Labute approximate surface area is 245 Å². The molecular weight excluding hydrogens is 545 g/mol. The molecule has 1 unspecified atom stereocenters. The zero-order valence-electron chi connectivity index (χ0n) is 23.0. The van der Waals surface area contributed by atoms with Crippen molar-refractivity contribution in [1.82, 2.24) is 30.1 Å². The van der Waals surface area contributed by atoms with Crippen LogP contribution in [0.1, 0.15) is 5.56 Å². The summed E-state index contributed by atoms with van der Waals surface area (Å²) in [5.74, 6) is 0.550. The van der Waals surface area contributed by atoms with E-state index < -0.39 is 12.0 Å². The van der Waals surface area contributed by atoms with E-state index in [0.29, 0.717) is 46.1 Å². The molecule has 10 heteroatoms. The molecule has 0 fully saturated rings. The van der Waals surface area contributed by atoms with Gasteiger partial charge in [0.05, 0.1) is 30.0 Å². The van der Waals surface area contributed by atoms with Crippen LogP contribution in [0.2, 0.25) is 0 Å². The number of imidazole rings is 1. The number of nitrogens with one attached hydrogen (secondary N) is 3. The van der Waals surface area contributed by atoms with Crippen LogP contribution >= 0.6 is 0 Å². The van der Waals surface area contributed by atoms with Gasteiger partial charge in [-0.15, -0.1) is 0 Å². The molecule has 0 spiro atoms. The smallest absolute Gasteiger partial charge is 0.178 e. The van der Waals surface area contributed by atoms with Gasteiger partial charge in [-0.25, -0.2) is 14.4 Å². The molecule has 4 aromatic heterocycles. The molecule has 0 aliphatic rings. The molecule has 4 heterocycles. The Morgan fingerprint density at radius 3 is 2.70 bits per heavy atom. The molecule has 7 aromatic rings. The number of halogens is 1. The number of aliphatic hydroxyl groups excluding tert-OH is 1. The van der Waals surface area contributed by atoms with Crippen molar-refractivity contribution >= 4 is 27.8 Å². The van der Waals surface area contributed by atoms with E-state index in [4.69, 9.17) is 9.72 Å². The molecule has 7 rings (SSSR count). The van der Waals surface area contributed by atoms with Crippen molar-refractivity contribution in [2.24, 2.45) is 0 Å². The number of aromatic nitrogens is 6. The summed E-state index contributed by atoms with van der Waals surface area (Å²) in [5.41, 5.74) is 7.53. The highest BCUT2D eigenvalue weighted by molar-refractivity contribution is 5.97. The molecule has 4 N–H and O–H groups in total. The minimum Gasteiger partial charge on any atom is -0.497 e. The summed E-state index contributed by atoms with van der Waals surface area (Å²) in [6.45, 7) is 0. The van der Waals surface area contributed by atoms with Crippen molar-refractivity contribution < 1.29 is 14.2 Å². The van der Waals surface area contributed by atoms with Gasteiger partial charge in [0.25, 0.3) is 0 Å². The van der Waals surface area contributed by atoms with E-state index in [1.807, 2.05) is 60.7 Å². The standard InChI is InChI=1S/C33H26FN7O2/c1-43-25-14-21(12-23(34)16-25)26-9-10-36-32-30(26)38-33(39-32)31-27-15-20(7-8-28(27)40-41-31)22-13-24(18-35-17-22)37-29(42)11-19-5-3-2-4-6-19/h2-10,12-18,29,37,42H,11H2,1H3,(H,40,41)(H,36,38,39). The van der Waals surface area contributed by atoms with Crippen LogP contribution in [0.5, 0.6) is 5.75 Å². The topological polar surface area (TPSA) is 125 Å². The normalized spacial score (nSPS) is 12.1. The molecule has 1 atom stereocenters. The maximum Gasteiger partial charge on any atom is 0.178 e. The number of rotatable bonds is 8. The number of nitrogens with zero attached hydrogens (tertiary/aromatic N) is 4. The molecule has 0 amide bonds. The number of H-pyrrole nitrogens is 2. The average Bonchev–Trinajstić information content (AvgIpc) is 3.65. The quantitative estimate of drug-likeness (QED) is 0.157. The number of aromatic amines is 2. The van der Waals surface area contributed by atoms with E-state index in [2.05, 4.69) is 30.5 Å². The van der Waals surface area contributed by atoms with Crippen LogP contribution in [0, 0.1) is 5.82 Å². The number of methoxy groups -OCH3 is 1. The van der Waals surface area contributed by atoms with Crippen LogP contribution < -0.4 is 10.1 Å². The van der Waals surface area contributed by atoms with Crippen molar-refractivity contribution in [3.05, 3.63) is 109 Å². The summed E-state index contributed by atoms with van der Waals surface area (Å²) < 4.78 is 19.6. The van der Waals surface area contributed by atoms with Gasteiger partial charge < -0.3 is 20.1 Å². The van der Waals surface area contributed by atoms with Gasteiger partial charge in [0.2, 0.25) is 0 Å². The van der Waals surface area contributed by atoms with Gasteiger partial charge in [0.15, 0.2) is 11.5 Å². The zero-order chi connectivity index (χ0) is 29.3.